The van der Waals surface area contributed by atoms with Gasteiger partial charge in [0, 0.05) is 13.1 Å². The Balaban J connectivity index is 1.16. The number of carboxylic acid groups (broad SMARTS) is 1. The van der Waals surface area contributed by atoms with Crippen LogP contribution in [0.1, 0.15) is 80.6 Å². The van der Waals surface area contributed by atoms with Crippen molar-refractivity contribution in [3.05, 3.63) is 59.7 Å². The van der Waals surface area contributed by atoms with Crippen LogP contribution < -0.4 is 10.1 Å². The summed E-state index contributed by atoms with van der Waals surface area (Å²) in [6, 6.07) is 12.9. The Morgan fingerprint density at radius 3 is 2.19 bits per heavy atom. The molecule has 0 aromatic heterocycles. The molecule has 2 aromatic rings. The zero-order chi connectivity index (χ0) is 30.3. The number of aliphatic hydroxyl groups excluding tert-OH is 1. The minimum atomic E-state index is -0.970. The largest absolute Gasteiger partial charge is 0.478 e. The van der Waals surface area contributed by atoms with Gasteiger partial charge in [-0.15, -0.1) is 0 Å². The first-order chi connectivity index (χ1) is 20.8. The third kappa shape index (κ3) is 7.57. The number of aromatic carboxylic acids is 1. The second-order valence-corrected chi connectivity index (χ2v) is 12.4. The van der Waals surface area contributed by atoms with Crippen LogP contribution in [0.5, 0.6) is 11.5 Å². The maximum Gasteiger partial charge on any atom is 0.335 e. The van der Waals surface area contributed by atoms with E-state index in [-0.39, 0.29) is 29.2 Å². The highest BCUT2D eigenvalue weighted by Crippen LogP contribution is 2.33. The highest BCUT2D eigenvalue weighted by Gasteiger charge is 2.48. The standard InChI is InChI=1S/C34H45N3O6/c1-2-3-19-37-30(32(39)35-29(33(37)40)31(38)25-7-5-4-6-8-25)24-17-20-36(21-18-24)22-23-9-13-27(14-10-23)43-28-15-11-26(12-16-28)34(41)42/h9-16,24-25,29-31,38H,2-8,17-22H2,1H3,(H,35,39)(H,41,42)/t29-,30?,31-/m1/s1. The third-order valence-electron chi connectivity index (χ3n) is 9.42. The fourth-order valence-corrected chi connectivity index (χ4v) is 6.93. The van der Waals surface area contributed by atoms with Gasteiger partial charge in [-0.2, -0.15) is 0 Å². The lowest BCUT2D eigenvalue weighted by atomic mass is 9.80. The molecule has 3 N–H and O–H groups in total. The average molecular weight is 592 g/mol. The molecule has 1 unspecified atom stereocenters. The fraction of sp³-hybridized carbons (Fsp3) is 0.559. The monoisotopic (exact) mass is 591 g/mol. The lowest BCUT2D eigenvalue weighted by Crippen LogP contribution is -2.69. The number of ether oxygens (including phenoxy) is 1. The summed E-state index contributed by atoms with van der Waals surface area (Å²) in [5.41, 5.74) is 1.37. The summed E-state index contributed by atoms with van der Waals surface area (Å²) in [5, 5.41) is 23.1. The maximum atomic E-state index is 13.7. The number of carbonyl (C=O) groups excluding carboxylic acids is 2. The van der Waals surface area contributed by atoms with Crippen LogP contribution in [0.15, 0.2) is 48.5 Å². The molecule has 3 atom stereocenters. The second kappa shape index (κ2) is 14.4. The molecule has 9 heteroatoms. The highest BCUT2D eigenvalue weighted by molar-refractivity contribution is 5.97. The number of piperidine rings is 1. The molecule has 2 heterocycles. The van der Waals surface area contributed by atoms with Crippen LogP contribution in [-0.2, 0) is 16.1 Å². The molecule has 0 spiro atoms. The van der Waals surface area contributed by atoms with Crippen molar-refractivity contribution in [3.63, 3.8) is 0 Å². The second-order valence-electron chi connectivity index (χ2n) is 12.4. The average Bonchev–Trinajstić information content (AvgIpc) is 3.03. The maximum absolute atomic E-state index is 13.7. The van der Waals surface area contributed by atoms with E-state index in [0.29, 0.717) is 18.0 Å². The van der Waals surface area contributed by atoms with Crippen molar-refractivity contribution in [3.8, 4) is 11.5 Å². The smallest absolute Gasteiger partial charge is 0.335 e. The molecule has 2 saturated heterocycles. The van der Waals surface area contributed by atoms with Gasteiger partial charge in [-0.25, -0.2) is 4.79 Å². The van der Waals surface area contributed by atoms with Gasteiger partial charge in [0.1, 0.15) is 23.6 Å². The topological polar surface area (TPSA) is 119 Å². The number of amides is 2. The van der Waals surface area contributed by atoms with E-state index in [4.69, 9.17) is 9.84 Å². The summed E-state index contributed by atoms with van der Waals surface area (Å²) in [6.45, 7) is 5.11. The Bertz CT molecular complexity index is 1240. The molecule has 2 aromatic carbocycles. The van der Waals surface area contributed by atoms with E-state index in [2.05, 4.69) is 17.1 Å². The summed E-state index contributed by atoms with van der Waals surface area (Å²) in [4.78, 5) is 42.5. The quantitative estimate of drug-likeness (QED) is 0.343. The lowest BCUT2D eigenvalue weighted by molar-refractivity contribution is -0.157. The zero-order valence-corrected chi connectivity index (χ0v) is 25.1. The summed E-state index contributed by atoms with van der Waals surface area (Å²) in [7, 11) is 0. The van der Waals surface area contributed by atoms with Gasteiger partial charge in [0.15, 0.2) is 0 Å². The lowest BCUT2D eigenvalue weighted by Gasteiger charge is -2.46. The van der Waals surface area contributed by atoms with Crippen molar-refractivity contribution in [2.24, 2.45) is 11.8 Å². The number of hydrogen-bond donors (Lipinski definition) is 3. The van der Waals surface area contributed by atoms with Gasteiger partial charge in [0.25, 0.3) is 0 Å². The minimum absolute atomic E-state index is 0.0711. The molecular weight excluding hydrogens is 546 g/mol. The Labute approximate surface area is 254 Å². The number of nitrogens with zero attached hydrogens (tertiary/aromatic N) is 2. The number of aliphatic hydroxyl groups is 1. The summed E-state index contributed by atoms with van der Waals surface area (Å²) in [6.07, 6.45) is 7.75. The molecule has 3 fully saturated rings. The van der Waals surface area contributed by atoms with Crippen molar-refractivity contribution in [2.45, 2.75) is 89.4 Å². The van der Waals surface area contributed by atoms with Gasteiger partial charge in [-0.05, 0) is 99.0 Å². The number of likely N-dealkylation sites (tertiary alicyclic amines) is 1. The van der Waals surface area contributed by atoms with E-state index in [1.807, 2.05) is 24.3 Å². The van der Waals surface area contributed by atoms with Crippen LogP contribution in [0, 0.1) is 11.8 Å². The number of hydrogen-bond acceptors (Lipinski definition) is 6. The fourth-order valence-electron chi connectivity index (χ4n) is 6.93. The Hall–Kier alpha value is -3.43. The van der Waals surface area contributed by atoms with E-state index in [1.54, 1.807) is 17.0 Å². The van der Waals surface area contributed by atoms with Gasteiger partial charge < -0.3 is 25.2 Å². The van der Waals surface area contributed by atoms with Crippen LogP contribution in [0.3, 0.4) is 0 Å². The molecule has 232 valence electrons. The van der Waals surface area contributed by atoms with Gasteiger partial charge in [0.05, 0.1) is 11.7 Å². The van der Waals surface area contributed by atoms with Crippen LogP contribution in [0.25, 0.3) is 0 Å². The van der Waals surface area contributed by atoms with E-state index in [1.165, 1.54) is 18.6 Å². The molecule has 0 radical (unpaired) electrons. The normalized spacial score (nSPS) is 23.2. The molecule has 43 heavy (non-hydrogen) atoms. The molecule has 5 rings (SSSR count). The van der Waals surface area contributed by atoms with Gasteiger partial charge in [-0.1, -0.05) is 44.7 Å². The first-order valence-corrected chi connectivity index (χ1v) is 16.0. The van der Waals surface area contributed by atoms with Crippen molar-refractivity contribution >= 4 is 17.8 Å². The predicted octanol–water partition coefficient (Wildman–Crippen LogP) is 4.83. The van der Waals surface area contributed by atoms with Crippen molar-refractivity contribution in [2.75, 3.05) is 19.6 Å². The van der Waals surface area contributed by atoms with Crippen LogP contribution in [0.4, 0.5) is 0 Å². The molecule has 3 aliphatic rings. The first-order valence-electron chi connectivity index (χ1n) is 16.0. The van der Waals surface area contributed by atoms with E-state index in [0.717, 1.165) is 76.6 Å². The Kier molecular flexibility index (Phi) is 10.4. The van der Waals surface area contributed by atoms with Crippen LogP contribution in [-0.4, -0.2) is 75.6 Å². The molecular formula is C34H45N3O6. The minimum Gasteiger partial charge on any atom is -0.478 e. The van der Waals surface area contributed by atoms with E-state index < -0.39 is 24.2 Å². The SMILES string of the molecule is CCCCN1C(=O)[C@@H]([C@H](O)C2CCCCC2)NC(=O)C1C1CCN(Cc2ccc(Oc3ccc(C(=O)O)cc3)cc2)CC1. The summed E-state index contributed by atoms with van der Waals surface area (Å²) >= 11 is 0. The molecule has 1 saturated carbocycles. The number of carbonyl (C=O) groups is 3. The van der Waals surface area contributed by atoms with Crippen LogP contribution in [0.2, 0.25) is 0 Å². The molecule has 1 aliphatic carbocycles. The number of piperazine rings is 1. The van der Waals surface area contributed by atoms with Crippen molar-refractivity contribution < 1.29 is 29.3 Å². The predicted molar refractivity (Wildman–Crippen MR) is 163 cm³/mol. The zero-order valence-electron chi connectivity index (χ0n) is 25.1. The Morgan fingerprint density at radius 2 is 1.58 bits per heavy atom. The van der Waals surface area contributed by atoms with E-state index >= 15 is 0 Å². The molecule has 0 bridgehead atoms. The third-order valence-corrected chi connectivity index (χ3v) is 9.42. The molecule has 2 amide bonds. The number of benzene rings is 2. The number of carboxylic acids is 1. The van der Waals surface area contributed by atoms with Gasteiger partial charge in [-0.3, -0.25) is 14.5 Å². The Morgan fingerprint density at radius 1 is 0.953 bits per heavy atom. The summed E-state index contributed by atoms with van der Waals surface area (Å²) in [5.74, 6) is 0.226. The van der Waals surface area contributed by atoms with Crippen molar-refractivity contribution in [1.82, 2.24) is 15.1 Å². The number of nitrogens with one attached hydrogen (secondary N) is 1. The highest BCUT2D eigenvalue weighted by atomic mass is 16.5. The first kappa shape index (κ1) is 31.0. The number of unbranched alkanes of at least 4 members (excludes halogenated alkanes) is 1. The van der Waals surface area contributed by atoms with Crippen LogP contribution >= 0.6 is 0 Å². The van der Waals surface area contributed by atoms with Gasteiger partial charge in [0.2, 0.25) is 11.8 Å². The molecule has 9 nitrogen and oxygen atoms in total. The number of rotatable bonds is 11. The van der Waals surface area contributed by atoms with Gasteiger partial charge >= 0.3 is 5.97 Å². The molecule has 2 aliphatic heterocycles. The van der Waals surface area contributed by atoms with Crippen molar-refractivity contribution in [1.29, 1.82) is 0 Å². The van der Waals surface area contributed by atoms with E-state index in [9.17, 15) is 19.5 Å². The summed E-state index contributed by atoms with van der Waals surface area (Å²) < 4.78 is 5.86.